The van der Waals surface area contributed by atoms with Crippen LogP contribution >= 0.6 is 0 Å². The van der Waals surface area contributed by atoms with Crippen LogP contribution < -0.4 is 0 Å². The molecule has 0 aromatic rings. The number of carboxylic acid groups (broad SMARTS) is 1. The number of unbranched alkanes of at least 4 members (excludes halogenated alkanes) is 5. The summed E-state index contributed by atoms with van der Waals surface area (Å²) in [5.74, 6) is -0.0662. The van der Waals surface area contributed by atoms with Gasteiger partial charge in [-0.2, -0.15) is 0 Å². The molecule has 0 aliphatic heterocycles. The molecule has 0 bridgehead atoms. The lowest BCUT2D eigenvalue weighted by Crippen LogP contribution is -2.17. The molecule has 0 saturated heterocycles. The van der Waals surface area contributed by atoms with E-state index in [1.54, 1.807) is 6.08 Å². The van der Waals surface area contributed by atoms with E-state index < -0.39 is 5.97 Å². The van der Waals surface area contributed by atoms with Crippen LogP contribution in [0.15, 0.2) is 24.3 Å². The third-order valence-electron chi connectivity index (χ3n) is 5.23. The van der Waals surface area contributed by atoms with Gasteiger partial charge in [0.15, 0.2) is 5.78 Å². The molecule has 26 heavy (non-hydrogen) atoms. The molecule has 1 aliphatic carbocycles. The van der Waals surface area contributed by atoms with E-state index >= 15 is 0 Å². The Kier molecular flexibility index (Phi) is 12.0. The Bertz CT molecular complexity index is 467. The van der Waals surface area contributed by atoms with Crippen LogP contribution in [-0.2, 0) is 9.59 Å². The summed E-state index contributed by atoms with van der Waals surface area (Å²) in [6.45, 7) is 2.16. The van der Waals surface area contributed by atoms with Gasteiger partial charge in [-0.15, -0.1) is 0 Å². The summed E-state index contributed by atoms with van der Waals surface area (Å²) < 4.78 is 0. The number of aliphatic carboxylic acids is 1. The van der Waals surface area contributed by atoms with Crippen molar-refractivity contribution in [2.24, 2.45) is 11.8 Å². The molecule has 0 heterocycles. The van der Waals surface area contributed by atoms with Crippen LogP contribution in [0.4, 0.5) is 0 Å². The standard InChI is InChI=1S/C22H36O4/c1-2-3-4-8-11-19(23)16-14-18-15-17-21(24)20(18)12-9-6-5-7-10-13-22(25)26/h6,9,14,16,18,20-21,24H,2-5,7-8,10-13,15,17H2,1H3,(H,25,26)/b9-6+,16-14+. The monoisotopic (exact) mass is 364 g/mol. The normalized spacial score (nSPS) is 23.2. The van der Waals surface area contributed by atoms with Gasteiger partial charge in [0.1, 0.15) is 0 Å². The Balaban J connectivity index is 2.31. The molecule has 3 unspecified atom stereocenters. The third-order valence-corrected chi connectivity index (χ3v) is 5.23. The minimum Gasteiger partial charge on any atom is -0.481 e. The number of ketones is 1. The van der Waals surface area contributed by atoms with Crippen LogP contribution in [0.25, 0.3) is 0 Å². The van der Waals surface area contributed by atoms with Crippen molar-refractivity contribution in [1.29, 1.82) is 0 Å². The van der Waals surface area contributed by atoms with Gasteiger partial charge in [-0.05, 0) is 62.9 Å². The lowest BCUT2D eigenvalue weighted by Gasteiger charge is -2.17. The molecule has 1 fully saturated rings. The van der Waals surface area contributed by atoms with E-state index in [9.17, 15) is 14.7 Å². The van der Waals surface area contributed by atoms with Crippen LogP contribution in [0, 0.1) is 11.8 Å². The predicted octanol–water partition coefficient (Wildman–Crippen LogP) is 5.06. The molecule has 1 rings (SSSR count). The number of rotatable bonds is 14. The number of hydrogen-bond donors (Lipinski definition) is 2. The zero-order valence-electron chi connectivity index (χ0n) is 16.2. The molecule has 0 amide bonds. The summed E-state index contributed by atoms with van der Waals surface area (Å²) in [5, 5.41) is 18.8. The summed E-state index contributed by atoms with van der Waals surface area (Å²) in [7, 11) is 0. The second kappa shape index (κ2) is 13.7. The van der Waals surface area contributed by atoms with Gasteiger partial charge >= 0.3 is 5.97 Å². The van der Waals surface area contributed by atoms with Gasteiger partial charge < -0.3 is 10.2 Å². The van der Waals surface area contributed by atoms with Crippen molar-refractivity contribution in [3.63, 3.8) is 0 Å². The molecule has 0 radical (unpaired) electrons. The number of allylic oxidation sites excluding steroid dienone is 4. The van der Waals surface area contributed by atoms with Gasteiger partial charge in [0.2, 0.25) is 0 Å². The van der Waals surface area contributed by atoms with Crippen molar-refractivity contribution in [2.45, 2.75) is 90.1 Å². The average molecular weight is 365 g/mol. The summed E-state index contributed by atoms with van der Waals surface area (Å²) in [5.41, 5.74) is 0. The van der Waals surface area contributed by atoms with Crippen LogP contribution in [0.1, 0.15) is 84.0 Å². The summed E-state index contributed by atoms with van der Waals surface area (Å²) in [4.78, 5) is 22.4. The third kappa shape index (κ3) is 9.91. The maximum atomic E-state index is 12.0. The Morgan fingerprint density at radius 2 is 1.77 bits per heavy atom. The molecular weight excluding hydrogens is 328 g/mol. The van der Waals surface area contributed by atoms with E-state index in [1.165, 1.54) is 12.8 Å². The van der Waals surface area contributed by atoms with Crippen molar-refractivity contribution < 1.29 is 19.8 Å². The zero-order valence-corrected chi connectivity index (χ0v) is 16.2. The molecule has 0 aromatic carbocycles. The van der Waals surface area contributed by atoms with Gasteiger partial charge in [0.05, 0.1) is 6.10 Å². The van der Waals surface area contributed by atoms with Crippen molar-refractivity contribution in [2.75, 3.05) is 0 Å². The van der Waals surface area contributed by atoms with Crippen molar-refractivity contribution in [3.8, 4) is 0 Å². The molecular formula is C22H36O4. The summed E-state index contributed by atoms with van der Waals surface area (Å²) >= 11 is 0. The number of carbonyl (C=O) groups excluding carboxylic acids is 1. The SMILES string of the molecule is CCCCCCC(=O)/C=C/C1CCC(O)C1C/C=C/CCCCC(=O)O. The number of aliphatic hydroxyl groups is 1. The van der Waals surface area contributed by atoms with E-state index in [0.717, 1.165) is 44.9 Å². The van der Waals surface area contributed by atoms with E-state index in [-0.39, 0.29) is 30.1 Å². The van der Waals surface area contributed by atoms with Crippen LogP contribution in [0.2, 0.25) is 0 Å². The maximum Gasteiger partial charge on any atom is 0.303 e. The second-order valence-electron chi connectivity index (χ2n) is 7.46. The average Bonchev–Trinajstić information content (AvgIpc) is 2.96. The van der Waals surface area contributed by atoms with Crippen molar-refractivity contribution in [3.05, 3.63) is 24.3 Å². The Morgan fingerprint density at radius 3 is 2.50 bits per heavy atom. The quantitative estimate of drug-likeness (QED) is 0.257. The first-order valence-corrected chi connectivity index (χ1v) is 10.3. The number of aliphatic hydroxyl groups excluding tert-OH is 1. The van der Waals surface area contributed by atoms with E-state index in [1.807, 2.05) is 6.08 Å². The first kappa shape index (κ1) is 22.6. The highest BCUT2D eigenvalue weighted by Crippen LogP contribution is 2.35. The molecule has 2 N–H and O–H groups in total. The molecule has 148 valence electrons. The minimum absolute atomic E-state index is 0.189. The second-order valence-corrected chi connectivity index (χ2v) is 7.46. The van der Waals surface area contributed by atoms with Gasteiger partial charge in [-0.1, -0.05) is 44.4 Å². The van der Waals surface area contributed by atoms with Crippen LogP contribution in [0.3, 0.4) is 0 Å². The summed E-state index contributed by atoms with van der Waals surface area (Å²) in [6.07, 6.45) is 18.0. The highest BCUT2D eigenvalue weighted by Gasteiger charge is 2.32. The van der Waals surface area contributed by atoms with Crippen LogP contribution in [-0.4, -0.2) is 28.1 Å². The number of carbonyl (C=O) groups is 2. The van der Waals surface area contributed by atoms with E-state index in [4.69, 9.17) is 5.11 Å². The molecule has 1 aliphatic rings. The molecule has 0 spiro atoms. The smallest absolute Gasteiger partial charge is 0.303 e. The molecule has 1 saturated carbocycles. The van der Waals surface area contributed by atoms with Gasteiger partial charge in [0, 0.05) is 12.8 Å². The topological polar surface area (TPSA) is 74.6 Å². The molecule has 4 heteroatoms. The van der Waals surface area contributed by atoms with Gasteiger partial charge in [-0.25, -0.2) is 0 Å². The summed E-state index contributed by atoms with van der Waals surface area (Å²) in [6, 6.07) is 0. The molecule has 0 aromatic heterocycles. The lowest BCUT2D eigenvalue weighted by molar-refractivity contribution is -0.137. The van der Waals surface area contributed by atoms with Crippen LogP contribution in [0.5, 0.6) is 0 Å². The van der Waals surface area contributed by atoms with Crippen molar-refractivity contribution in [1.82, 2.24) is 0 Å². The Labute approximate surface area is 158 Å². The van der Waals surface area contributed by atoms with Gasteiger partial charge in [0.25, 0.3) is 0 Å². The first-order chi connectivity index (χ1) is 12.5. The maximum absolute atomic E-state index is 12.0. The number of hydrogen-bond acceptors (Lipinski definition) is 3. The molecule has 4 nitrogen and oxygen atoms in total. The zero-order chi connectivity index (χ0) is 19.2. The van der Waals surface area contributed by atoms with E-state index in [0.29, 0.717) is 12.8 Å². The van der Waals surface area contributed by atoms with E-state index in [2.05, 4.69) is 19.1 Å². The highest BCUT2D eigenvalue weighted by atomic mass is 16.4. The van der Waals surface area contributed by atoms with Gasteiger partial charge in [-0.3, -0.25) is 9.59 Å². The number of carboxylic acids is 1. The highest BCUT2D eigenvalue weighted by molar-refractivity contribution is 5.89. The molecule has 3 atom stereocenters. The predicted molar refractivity (Wildman–Crippen MR) is 105 cm³/mol. The minimum atomic E-state index is -0.738. The fourth-order valence-electron chi connectivity index (χ4n) is 3.60. The fraction of sp³-hybridized carbons (Fsp3) is 0.727. The lowest BCUT2D eigenvalue weighted by atomic mass is 9.90. The largest absolute Gasteiger partial charge is 0.481 e. The Morgan fingerprint density at radius 1 is 1.00 bits per heavy atom. The fourth-order valence-corrected chi connectivity index (χ4v) is 3.60. The Hall–Kier alpha value is -1.42. The van der Waals surface area contributed by atoms with Crippen molar-refractivity contribution >= 4 is 11.8 Å². The first-order valence-electron chi connectivity index (χ1n) is 10.3.